The van der Waals surface area contributed by atoms with E-state index in [2.05, 4.69) is 32.8 Å². The lowest BCUT2D eigenvalue weighted by molar-refractivity contribution is -0.116. The summed E-state index contributed by atoms with van der Waals surface area (Å²) >= 11 is 0. The molecule has 4 amide bonds. The van der Waals surface area contributed by atoms with Gasteiger partial charge in [-0.25, -0.2) is 0 Å². The van der Waals surface area contributed by atoms with Crippen molar-refractivity contribution in [2.75, 3.05) is 49.4 Å². The van der Waals surface area contributed by atoms with E-state index in [1.165, 1.54) is 7.11 Å². The van der Waals surface area contributed by atoms with E-state index in [0.717, 1.165) is 5.57 Å². The lowest BCUT2D eigenvalue weighted by Crippen LogP contribution is -2.35. The highest BCUT2D eigenvalue weighted by Crippen LogP contribution is 2.38. The van der Waals surface area contributed by atoms with Crippen LogP contribution in [0.15, 0.2) is 66.1 Å². The molecular formula is C39H47N9O8. The van der Waals surface area contributed by atoms with E-state index in [9.17, 15) is 24.3 Å². The zero-order valence-corrected chi connectivity index (χ0v) is 31.8. The molecule has 5 heterocycles. The van der Waals surface area contributed by atoms with Crippen LogP contribution in [0.3, 0.4) is 0 Å². The molecule has 4 aromatic rings. The van der Waals surface area contributed by atoms with Crippen LogP contribution in [0.5, 0.6) is 11.5 Å². The van der Waals surface area contributed by atoms with Crippen molar-refractivity contribution in [3.05, 3.63) is 83.7 Å². The Morgan fingerprint density at radius 3 is 2.21 bits per heavy atom. The Kier molecular flexibility index (Phi) is 12.1. The number of anilines is 3. The van der Waals surface area contributed by atoms with Crippen molar-refractivity contribution in [1.29, 1.82) is 0 Å². The van der Waals surface area contributed by atoms with Crippen LogP contribution < -0.4 is 30.7 Å². The van der Waals surface area contributed by atoms with Crippen LogP contribution in [0.1, 0.15) is 68.9 Å². The van der Waals surface area contributed by atoms with Gasteiger partial charge in [-0.05, 0) is 43.5 Å². The Balaban J connectivity index is 0.991. The van der Waals surface area contributed by atoms with Crippen molar-refractivity contribution in [2.45, 2.75) is 38.0 Å². The summed E-state index contributed by atoms with van der Waals surface area (Å²) in [5, 5.41) is 30.7. The summed E-state index contributed by atoms with van der Waals surface area (Å²) in [6.07, 6.45) is 7.39. The van der Waals surface area contributed by atoms with Gasteiger partial charge < -0.3 is 54.2 Å². The fourth-order valence-corrected chi connectivity index (χ4v) is 6.69. The summed E-state index contributed by atoms with van der Waals surface area (Å²) in [5.74, 6) is -0.465. The molecule has 2 atom stereocenters. The van der Waals surface area contributed by atoms with E-state index >= 15 is 0 Å². The van der Waals surface area contributed by atoms with Gasteiger partial charge in [0.15, 0.2) is 11.5 Å². The van der Waals surface area contributed by atoms with Crippen molar-refractivity contribution in [2.24, 2.45) is 26.1 Å². The number of aromatic nitrogens is 3. The quantitative estimate of drug-likeness (QED) is 0.0560. The minimum atomic E-state index is -0.978. The minimum absolute atomic E-state index is 0.00555. The van der Waals surface area contributed by atoms with Gasteiger partial charge in [0, 0.05) is 78.1 Å². The monoisotopic (exact) mass is 769 g/mol. The summed E-state index contributed by atoms with van der Waals surface area (Å²) < 4.78 is 16.3. The number of nitrogens with zero attached hydrogens (tertiary/aromatic N) is 5. The SMILES string of the molecule is C=C1C[C@@H]2C=Nc3cc(OCCCC(=O)Nc4cc(C(=O)Nc5cc(C(=O)Nc6cc(C(O)NCCCO)n(C)c6)n(C)c5)n(C)c4)c(OC)cc3C(=O)N2C1. The van der Waals surface area contributed by atoms with Gasteiger partial charge in [0.05, 0.1) is 53.8 Å². The molecule has 296 valence electrons. The zero-order valence-electron chi connectivity index (χ0n) is 31.8. The van der Waals surface area contributed by atoms with Crippen molar-refractivity contribution in [3.8, 4) is 11.5 Å². The number of hydrogen-bond acceptors (Lipinski definition) is 10. The summed E-state index contributed by atoms with van der Waals surface area (Å²) in [4.78, 5) is 58.7. The van der Waals surface area contributed by atoms with E-state index < -0.39 is 18.0 Å². The molecule has 6 N–H and O–H groups in total. The maximum atomic E-state index is 13.2. The number of rotatable bonds is 16. The molecule has 0 spiro atoms. The third kappa shape index (κ3) is 8.86. The summed E-state index contributed by atoms with van der Waals surface area (Å²) in [6, 6.07) is 7.93. The second-order valence-corrected chi connectivity index (χ2v) is 13.8. The number of fused-ring (bicyclic) bond motifs is 2. The third-order valence-corrected chi connectivity index (χ3v) is 9.53. The summed E-state index contributed by atoms with van der Waals surface area (Å²) in [6.45, 7) is 5.13. The number of aliphatic imine (C=N–C) groups is 1. The number of aryl methyl sites for hydroxylation is 3. The standard InChI is InChI=1S/C39H47N9O8/c1-23-12-27-18-41-29-17-34(33(55-5)16-28(29)39(54)48(27)19-23)56-11-6-8-35(50)42-24-13-31(46(3)20-24)37(52)44-26-15-32(47(4)22-26)38(53)43-25-14-30(45(2)21-25)36(51)40-9-7-10-49/h13-18,20-22,27,36,40,49,51H,1,6-12,19H2,2-5H3,(H,42,50)(H,43,53)(H,44,52)/t27-,36?/m1/s1. The second-order valence-electron chi connectivity index (χ2n) is 13.8. The predicted molar refractivity (Wildman–Crippen MR) is 210 cm³/mol. The van der Waals surface area contributed by atoms with Gasteiger partial charge in [0.1, 0.15) is 17.6 Å². The number of benzene rings is 1. The smallest absolute Gasteiger partial charge is 0.272 e. The molecule has 1 saturated heterocycles. The van der Waals surface area contributed by atoms with Crippen molar-refractivity contribution in [3.63, 3.8) is 0 Å². The van der Waals surface area contributed by atoms with Gasteiger partial charge >= 0.3 is 0 Å². The first-order valence-corrected chi connectivity index (χ1v) is 18.2. The number of carbonyl (C=O) groups excluding carboxylic acids is 4. The molecule has 0 aliphatic carbocycles. The lowest BCUT2D eigenvalue weighted by atomic mass is 10.1. The van der Waals surface area contributed by atoms with E-state index in [4.69, 9.17) is 14.6 Å². The van der Waals surface area contributed by atoms with Gasteiger partial charge in [0.25, 0.3) is 17.7 Å². The first-order valence-electron chi connectivity index (χ1n) is 18.2. The topological polar surface area (TPSA) is 206 Å². The molecule has 0 radical (unpaired) electrons. The fraction of sp³-hybridized carbons (Fsp3) is 0.359. The van der Waals surface area contributed by atoms with Gasteiger partial charge in [0.2, 0.25) is 5.91 Å². The van der Waals surface area contributed by atoms with Crippen LogP contribution >= 0.6 is 0 Å². The molecule has 1 fully saturated rings. The van der Waals surface area contributed by atoms with E-state index in [1.807, 2.05) is 0 Å². The first kappa shape index (κ1) is 39.5. The molecule has 3 aromatic heterocycles. The third-order valence-electron chi connectivity index (χ3n) is 9.53. The normalized spacial score (nSPS) is 15.2. The second kappa shape index (κ2) is 17.1. The molecule has 17 heteroatoms. The fourth-order valence-electron chi connectivity index (χ4n) is 6.69. The molecular weight excluding hydrogens is 722 g/mol. The van der Waals surface area contributed by atoms with Crippen LogP contribution in [-0.2, 0) is 25.9 Å². The number of hydrogen-bond donors (Lipinski definition) is 6. The average Bonchev–Trinajstić information content (AvgIpc) is 3.91. The summed E-state index contributed by atoms with van der Waals surface area (Å²) in [7, 11) is 6.60. The Morgan fingerprint density at radius 2 is 1.55 bits per heavy atom. The number of aliphatic hydroxyl groups excluding tert-OH is 2. The highest BCUT2D eigenvalue weighted by atomic mass is 16.5. The zero-order chi connectivity index (χ0) is 40.1. The Morgan fingerprint density at radius 1 is 0.911 bits per heavy atom. The van der Waals surface area contributed by atoms with Crippen LogP contribution in [0.2, 0.25) is 0 Å². The molecule has 0 bridgehead atoms. The van der Waals surface area contributed by atoms with Gasteiger partial charge in [-0.1, -0.05) is 12.2 Å². The largest absolute Gasteiger partial charge is 0.493 e. The van der Waals surface area contributed by atoms with Gasteiger partial charge in [-0.3, -0.25) is 29.5 Å². The maximum absolute atomic E-state index is 13.2. The maximum Gasteiger partial charge on any atom is 0.272 e. The first-order chi connectivity index (χ1) is 26.8. The Labute approximate surface area is 323 Å². The molecule has 2 aliphatic rings. The summed E-state index contributed by atoms with van der Waals surface area (Å²) in [5.41, 5.74) is 4.30. The highest BCUT2D eigenvalue weighted by Gasteiger charge is 2.34. The van der Waals surface area contributed by atoms with Crippen molar-refractivity contribution in [1.82, 2.24) is 23.9 Å². The number of methoxy groups -OCH3 is 1. The minimum Gasteiger partial charge on any atom is -0.493 e. The molecule has 1 unspecified atom stereocenters. The number of aliphatic hydroxyl groups is 2. The van der Waals surface area contributed by atoms with Crippen LogP contribution in [0, 0.1) is 0 Å². The van der Waals surface area contributed by atoms with Gasteiger partial charge in [-0.15, -0.1) is 0 Å². The van der Waals surface area contributed by atoms with E-state index in [1.54, 1.807) is 94.9 Å². The molecule has 0 saturated carbocycles. The Bertz CT molecular complexity index is 2180. The van der Waals surface area contributed by atoms with Crippen LogP contribution in [0.4, 0.5) is 22.7 Å². The van der Waals surface area contributed by atoms with Crippen LogP contribution in [-0.4, -0.2) is 98.1 Å². The number of amides is 4. The number of ether oxygens (including phenoxy) is 2. The molecule has 17 nitrogen and oxygen atoms in total. The Hall–Kier alpha value is -6.17. The lowest BCUT2D eigenvalue weighted by Gasteiger charge is -2.20. The predicted octanol–water partition coefficient (Wildman–Crippen LogP) is 3.46. The van der Waals surface area contributed by atoms with Crippen LogP contribution in [0.25, 0.3) is 0 Å². The van der Waals surface area contributed by atoms with E-state index in [0.29, 0.717) is 77.9 Å². The van der Waals surface area contributed by atoms with E-state index in [-0.39, 0.29) is 48.9 Å². The van der Waals surface area contributed by atoms with Crippen molar-refractivity contribution < 1.29 is 38.9 Å². The van der Waals surface area contributed by atoms with Crippen molar-refractivity contribution >= 4 is 52.6 Å². The molecule has 1 aromatic carbocycles. The molecule has 2 aliphatic heterocycles. The number of nitrogens with one attached hydrogen (secondary N) is 4. The molecule has 56 heavy (non-hydrogen) atoms. The van der Waals surface area contributed by atoms with Gasteiger partial charge in [-0.2, -0.15) is 0 Å². The highest BCUT2D eigenvalue weighted by molar-refractivity contribution is 6.07. The average molecular weight is 770 g/mol. The molecule has 6 rings (SSSR count). The number of carbonyl (C=O) groups is 4.